The SMILES string of the molecule is Cc1ccc2c(c1)C(C)(C)c1cc(-c3cc4c5ccccc5n(-c5ccccc5)c4c4c3C=C=CC=C4)ccc1-2. The summed E-state index contributed by atoms with van der Waals surface area (Å²) in [5.41, 5.74) is 18.8. The number of rotatable bonds is 2. The molecule has 1 heteroatoms. The molecule has 1 aromatic heterocycles. The maximum absolute atomic E-state index is 3.41. The van der Waals surface area contributed by atoms with E-state index in [1.807, 2.05) is 6.08 Å². The Hall–Kier alpha value is -4.84. The van der Waals surface area contributed by atoms with Crippen molar-refractivity contribution >= 4 is 34.0 Å². The van der Waals surface area contributed by atoms with E-state index in [1.165, 1.54) is 77.6 Å². The molecule has 0 saturated carbocycles. The molecule has 0 fully saturated rings. The normalized spacial score (nSPS) is 14.4. The number of hydrogen-bond donors (Lipinski definition) is 0. The third-order valence-corrected chi connectivity index (χ3v) is 8.88. The van der Waals surface area contributed by atoms with E-state index < -0.39 is 0 Å². The average Bonchev–Trinajstić information content (AvgIpc) is 3.26. The van der Waals surface area contributed by atoms with Crippen molar-refractivity contribution in [3.05, 3.63) is 143 Å². The Bertz CT molecular complexity index is 2110. The highest BCUT2D eigenvalue weighted by atomic mass is 15.0. The molecule has 40 heavy (non-hydrogen) atoms. The van der Waals surface area contributed by atoms with Gasteiger partial charge in [-0.25, -0.2) is 0 Å². The predicted octanol–water partition coefficient (Wildman–Crippen LogP) is 10.3. The van der Waals surface area contributed by atoms with Crippen LogP contribution >= 0.6 is 0 Å². The summed E-state index contributed by atoms with van der Waals surface area (Å²) in [5.74, 6) is 0. The highest BCUT2D eigenvalue weighted by Crippen LogP contribution is 2.50. The Balaban J connectivity index is 1.45. The van der Waals surface area contributed by atoms with Crippen LogP contribution in [0.25, 0.3) is 61.9 Å². The molecule has 2 aliphatic carbocycles. The minimum atomic E-state index is -0.0489. The van der Waals surface area contributed by atoms with Crippen LogP contribution in [0.15, 0.2) is 115 Å². The first-order valence-electron chi connectivity index (χ1n) is 14.0. The van der Waals surface area contributed by atoms with Crippen molar-refractivity contribution in [1.29, 1.82) is 0 Å². The van der Waals surface area contributed by atoms with Crippen LogP contribution in [0.5, 0.6) is 0 Å². The molecule has 0 unspecified atom stereocenters. The Labute approximate surface area is 235 Å². The fourth-order valence-corrected chi connectivity index (χ4v) is 6.93. The van der Waals surface area contributed by atoms with Crippen molar-refractivity contribution < 1.29 is 0 Å². The molecule has 6 aromatic rings. The Kier molecular flexibility index (Phi) is 4.81. The van der Waals surface area contributed by atoms with E-state index in [4.69, 9.17) is 0 Å². The van der Waals surface area contributed by atoms with Crippen LogP contribution in [-0.4, -0.2) is 4.57 Å². The second-order valence-electron chi connectivity index (χ2n) is 11.6. The zero-order valence-corrected chi connectivity index (χ0v) is 23.0. The number of para-hydroxylation sites is 2. The second kappa shape index (κ2) is 8.33. The highest BCUT2D eigenvalue weighted by Gasteiger charge is 2.35. The molecule has 0 amide bonds. The molecule has 0 radical (unpaired) electrons. The number of aromatic nitrogens is 1. The van der Waals surface area contributed by atoms with Crippen molar-refractivity contribution in [2.45, 2.75) is 26.2 Å². The summed E-state index contributed by atoms with van der Waals surface area (Å²) < 4.78 is 2.42. The van der Waals surface area contributed by atoms with Crippen LogP contribution in [-0.2, 0) is 5.41 Å². The maximum Gasteiger partial charge on any atom is 0.0620 e. The summed E-state index contributed by atoms with van der Waals surface area (Å²) in [6, 6.07) is 35.9. The molecule has 0 N–H and O–H groups in total. The summed E-state index contributed by atoms with van der Waals surface area (Å²) in [4.78, 5) is 0. The monoisotopic (exact) mass is 511 g/mol. The molecule has 0 atom stereocenters. The van der Waals surface area contributed by atoms with Gasteiger partial charge in [-0.1, -0.05) is 98.3 Å². The third-order valence-electron chi connectivity index (χ3n) is 8.88. The summed E-state index contributed by atoms with van der Waals surface area (Å²) in [6.07, 6.45) is 8.54. The molecular formula is C39H29N. The average molecular weight is 512 g/mol. The largest absolute Gasteiger partial charge is 0.309 e. The lowest BCUT2D eigenvalue weighted by atomic mass is 9.80. The summed E-state index contributed by atoms with van der Waals surface area (Å²) in [7, 11) is 0. The van der Waals surface area contributed by atoms with Crippen molar-refractivity contribution in [1.82, 2.24) is 4.57 Å². The van der Waals surface area contributed by atoms with Gasteiger partial charge in [0.05, 0.1) is 11.0 Å². The van der Waals surface area contributed by atoms with Gasteiger partial charge in [0, 0.05) is 27.4 Å². The van der Waals surface area contributed by atoms with Gasteiger partial charge in [0.1, 0.15) is 0 Å². The minimum absolute atomic E-state index is 0.0489. The van der Waals surface area contributed by atoms with Crippen LogP contribution in [0.1, 0.15) is 41.7 Å². The first-order valence-corrected chi connectivity index (χ1v) is 14.0. The number of fused-ring (bicyclic) bond motifs is 8. The fourth-order valence-electron chi connectivity index (χ4n) is 6.93. The summed E-state index contributed by atoms with van der Waals surface area (Å²) in [5, 5.41) is 2.54. The second-order valence-corrected chi connectivity index (χ2v) is 11.6. The van der Waals surface area contributed by atoms with Gasteiger partial charge >= 0.3 is 0 Å². The van der Waals surface area contributed by atoms with E-state index in [-0.39, 0.29) is 5.41 Å². The van der Waals surface area contributed by atoms with Crippen molar-refractivity contribution in [3.63, 3.8) is 0 Å². The van der Waals surface area contributed by atoms with Gasteiger partial charge in [-0.3, -0.25) is 0 Å². The number of benzene rings is 5. The van der Waals surface area contributed by atoms with E-state index in [1.54, 1.807) is 0 Å². The van der Waals surface area contributed by atoms with Gasteiger partial charge in [0.15, 0.2) is 0 Å². The summed E-state index contributed by atoms with van der Waals surface area (Å²) >= 11 is 0. The van der Waals surface area contributed by atoms with E-state index in [0.717, 1.165) is 0 Å². The lowest BCUT2D eigenvalue weighted by Gasteiger charge is -2.23. The van der Waals surface area contributed by atoms with Gasteiger partial charge in [0.2, 0.25) is 0 Å². The predicted molar refractivity (Wildman–Crippen MR) is 170 cm³/mol. The molecule has 0 aliphatic heterocycles. The highest BCUT2D eigenvalue weighted by molar-refractivity contribution is 6.14. The van der Waals surface area contributed by atoms with Gasteiger partial charge < -0.3 is 4.57 Å². The number of nitrogens with zero attached hydrogens (tertiary/aromatic N) is 1. The van der Waals surface area contributed by atoms with Crippen molar-refractivity contribution in [2.75, 3.05) is 0 Å². The number of allylic oxidation sites excluding steroid dienone is 2. The standard InChI is InChI=1S/C39H29N/c1-25-18-20-29-30-21-19-26(23-36(30)39(2,3)35(29)22-25)33-24-34-31-15-10-11-17-37(31)40(27-12-6-4-7-13-27)38(34)32-16-9-5-8-14-28(32)33/h4-7,9-24H,1-3H3. The van der Waals surface area contributed by atoms with Gasteiger partial charge in [0.25, 0.3) is 0 Å². The lowest BCUT2D eigenvalue weighted by molar-refractivity contribution is 0.660. The molecule has 0 spiro atoms. The molecule has 0 bridgehead atoms. The molecule has 1 heterocycles. The number of aryl methyl sites for hydroxylation is 1. The molecule has 5 aromatic carbocycles. The molecule has 1 nitrogen and oxygen atoms in total. The zero-order chi connectivity index (χ0) is 27.0. The molecule has 8 rings (SSSR count). The quantitative estimate of drug-likeness (QED) is 0.204. The van der Waals surface area contributed by atoms with E-state index in [2.05, 4.69) is 146 Å². The molecule has 190 valence electrons. The van der Waals surface area contributed by atoms with Crippen molar-refractivity contribution in [3.8, 4) is 27.9 Å². The summed E-state index contributed by atoms with van der Waals surface area (Å²) in [6.45, 7) is 6.92. The fraction of sp³-hybridized carbons (Fsp3) is 0.103. The first-order chi connectivity index (χ1) is 19.5. The first kappa shape index (κ1) is 23.1. The minimum Gasteiger partial charge on any atom is -0.309 e. The Morgan fingerprint density at radius 1 is 0.675 bits per heavy atom. The van der Waals surface area contributed by atoms with Crippen LogP contribution < -0.4 is 0 Å². The Morgan fingerprint density at radius 2 is 1.43 bits per heavy atom. The van der Waals surface area contributed by atoms with E-state index >= 15 is 0 Å². The van der Waals surface area contributed by atoms with E-state index in [0.29, 0.717) is 0 Å². The topological polar surface area (TPSA) is 4.93 Å². The molecule has 0 saturated heterocycles. The third kappa shape index (κ3) is 3.16. The van der Waals surface area contributed by atoms with Gasteiger partial charge in [-0.05, 0) is 88.4 Å². The van der Waals surface area contributed by atoms with Gasteiger partial charge in [-0.15, -0.1) is 5.73 Å². The van der Waals surface area contributed by atoms with Crippen LogP contribution in [0.2, 0.25) is 0 Å². The maximum atomic E-state index is 3.41. The van der Waals surface area contributed by atoms with Crippen LogP contribution in [0, 0.1) is 6.92 Å². The zero-order valence-electron chi connectivity index (χ0n) is 23.0. The number of hydrogen-bond acceptors (Lipinski definition) is 0. The smallest absolute Gasteiger partial charge is 0.0620 e. The molecular weight excluding hydrogens is 482 g/mol. The Morgan fingerprint density at radius 3 is 2.27 bits per heavy atom. The van der Waals surface area contributed by atoms with Gasteiger partial charge in [-0.2, -0.15) is 0 Å². The van der Waals surface area contributed by atoms with Crippen LogP contribution in [0.4, 0.5) is 0 Å². The van der Waals surface area contributed by atoms with E-state index in [9.17, 15) is 0 Å². The van der Waals surface area contributed by atoms with Crippen LogP contribution in [0.3, 0.4) is 0 Å². The molecule has 2 aliphatic rings. The lowest BCUT2D eigenvalue weighted by Crippen LogP contribution is -2.15. The van der Waals surface area contributed by atoms with Crippen molar-refractivity contribution in [2.24, 2.45) is 0 Å².